The maximum atomic E-state index is 13.2. The molecule has 0 aliphatic heterocycles. The van der Waals surface area contributed by atoms with Crippen molar-refractivity contribution in [3.63, 3.8) is 0 Å². The van der Waals surface area contributed by atoms with E-state index < -0.39 is 15.8 Å². The van der Waals surface area contributed by atoms with Gasteiger partial charge in [0.1, 0.15) is 5.82 Å². The lowest BCUT2D eigenvalue weighted by molar-refractivity contribution is 0.275. The second-order valence-electron chi connectivity index (χ2n) is 5.13. The van der Waals surface area contributed by atoms with Crippen molar-refractivity contribution < 1.29 is 12.8 Å². The first-order valence-corrected chi connectivity index (χ1v) is 8.53. The van der Waals surface area contributed by atoms with E-state index in [1.165, 1.54) is 16.4 Å². The number of rotatable bonds is 4. The van der Waals surface area contributed by atoms with Gasteiger partial charge in [-0.15, -0.1) is 0 Å². The molecule has 0 bridgehead atoms. The molecular formula is C13H17BrFNO2S. The summed E-state index contributed by atoms with van der Waals surface area (Å²) in [4.78, 5) is 0.564. The summed E-state index contributed by atoms with van der Waals surface area (Å²) < 4.78 is 39.4. The number of benzene rings is 1. The summed E-state index contributed by atoms with van der Waals surface area (Å²) >= 11 is 3.49. The predicted molar refractivity (Wildman–Crippen MR) is 76.4 cm³/mol. The Morgan fingerprint density at radius 3 is 2.63 bits per heavy atom. The number of halogens is 2. The highest BCUT2D eigenvalue weighted by Gasteiger charge is 2.32. The minimum Gasteiger partial charge on any atom is -0.207 e. The van der Waals surface area contributed by atoms with Gasteiger partial charge in [0.25, 0.3) is 0 Å². The highest BCUT2D eigenvalue weighted by Crippen LogP contribution is 2.34. The van der Waals surface area contributed by atoms with Crippen LogP contribution in [0.5, 0.6) is 0 Å². The summed E-state index contributed by atoms with van der Waals surface area (Å²) in [6, 6.07) is 3.86. The van der Waals surface area contributed by atoms with Crippen LogP contribution in [-0.2, 0) is 10.0 Å². The second kappa shape index (κ2) is 5.50. The number of nitrogens with zero attached hydrogens (tertiary/aromatic N) is 1. The minimum absolute atomic E-state index is 0.0599. The van der Waals surface area contributed by atoms with Gasteiger partial charge in [-0.1, -0.05) is 22.0 Å². The van der Waals surface area contributed by atoms with Crippen LogP contribution in [0.15, 0.2) is 23.1 Å². The molecule has 0 spiro atoms. The lowest BCUT2D eigenvalue weighted by Crippen LogP contribution is -2.38. The normalized spacial score (nSPS) is 23.4. The Balaban J connectivity index is 2.19. The largest absolute Gasteiger partial charge is 0.243 e. The van der Waals surface area contributed by atoms with Crippen molar-refractivity contribution >= 4 is 26.0 Å². The van der Waals surface area contributed by atoms with Crippen molar-refractivity contribution in [3.8, 4) is 0 Å². The number of sulfonamides is 1. The van der Waals surface area contributed by atoms with Gasteiger partial charge in [0.15, 0.2) is 0 Å². The van der Waals surface area contributed by atoms with Gasteiger partial charge in [-0.2, -0.15) is 0 Å². The lowest BCUT2D eigenvalue weighted by Gasteiger charge is -2.34. The molecule has 0 aromatic heterocycles. The average Bonchev–Trinajstić information content (AvgIpc) is 2.30. The molecule has 1 aliphatic carbocycles. The van der Waals surface area contributed by atoms with E-state index in [0.717, 1.165) is 18.9 Å². The van der Waals surface area contributed by atoms with Gasteiger partial charge in [-0.05, 0) is 43.4 Å². The summed E-state index contributed by atoms with van der Waals surface area (Å²) in [6.45, 7) is 2.17. The zero-order chi connectivity index (χ0) is 14.2. The van der Waals surface area contributed by atoms with Gasteiger partial charge in [0.2, 0.25) is 10.0 Å². The molecule has 2 rings (SSSR count). The SMILES string of the molecule is Cc1ccc(F)cc1S(=O)(=O)N(C)CC1CC(Br)C1. The van der Waals surface area contributed by atoms with Crippen LogP contribution in [0.4, 0.5) is 4.39 Å². The zero-order valence-electron chi connectivity index (χ0n) is 10.9. The molecular weight excluding hydrogens is 333 g/mol. The van der Waals surface area contributed by atoms with Crippen molar-refractivity contribution in [2.45, 2.75) is 29.5 Å². The third kappa shape index (κ3) is 3.17. The summed E-state index contributed by atoms with van der Waals surface area (Å²) in [5, 5.41) is 0. The third-order valence-electron chi connectivity index (χ3n) is 3.53. The molecule has 0 atom stereocenters. The van der Waals surface area contributed by atoms with E-state index in [-0.39, 0.29) is 4.90 Å². The van der Waals surface area contributed by atoms with Crippen LogP contribution in [0, 0.1) is 18.7 Å². The van der Waals surface area contributed by atoms with Crippen molar-refractivity contribution in [2.75, 3.05) is 13.6 Å². The van der Waals surface area contributed by atoms with Crippen LogP contribution in [0.2, 0.25) is 0 Å². The Bertz CT molecular complexity index is 570. The maximum Gasteiger partial charge on any atom is 0.243 e. The van der Waals surface area contributed by atoms with Crippen LogP contribution >= 0.6 is 15.9 Å². The summed E-state index contributed by atoms with van der Waals surface area (Å²) in [5.41, 5.74) is 0.570. The van der Waals surface area contributed by atoms with Crippen LogP contribution in [-0.4, -0.2) is 31.1 Å². The minimum atomic E-state index is -3.60. The van der Waals surface area contributed by atoms with E-state index in [9.17, 15) is 12.8 Å². The number of alkyl halides is 1. The van der Waals surface area contributed by atoms with E-state index in [2.05, 4.69) is 15.9 Å². The molecule has 0 amide bonds. The second-order valence-corrected chi connectivity index (χ2v) is 8.44. The first-order valence-electron chi connectivity index (χ1n) is 6.17. The molecule has 0 N–H and O–H groups in total. The Morgan fingerprint density at radius 1 is 1.42 bits per heavy atom. The molecule has 1 aromatic carbocycles. The van der Waals surface area contributed by atoms with E-state index in [4.69, 9.17) is 0 Å². The smallest absolute Gasteiger partial charge is 0.207 e. The third-order valence-corrected chi connectivity index (χ3v) is 6.24. The molecule has 0 saturated heterocycles. The van der Waals surface area contributed by atoms with Crippen LogP contribution in [0.3, 0.4) is 0 Å². The Hall–Kier alpha value is -0.460. The van der Waals surface area contributed by atoms with Gasteiger partial charge < -0.3 is 0 Å². The van der Waals surface area contributed by atoms with E-state index >= 15 is 0 Å². The first kappa shape index (κ1) is 14.9. The van der Waals surface area contributed by atoms with Crippen molar-refractivity contribution in [1.82, 2.24) is 4.31 Å². The fraction of sp³-hybridized carbons (Fsp3) is 0.538. The molecule has 1 aromatic rings. The Morgan fingerprint density at radius 2 is 2.05 bits per heavy atom. The van der Waals surface area contributed by atoms with Gasteiger partial charge in [-0.25, -0.2) is 17.1 Å². The average molecular weight is 350 g/mol. The Labute approximate surface area is 122 Å². The topological polar surface area (TPSA) is 37.4 Å². The van der Waals surface area contributed by atoms with E-state index in [1.54, 1.807) is 14.0 Å². The molecule has 0 radical (unpaired) electrons. The van der Waals surface area contributed by atoms with Crippen molar-refractivity contribution in [1.29, 1.82) is 0 Å². The standard InChI is InChI=1S/C13H17BrFNO2S/c1-9-3-4-12(15)7-13(9)19(17,18)16(2)8-10-5-11(14)6-10/h3-4,7,10-11H,5-6,8H2,1-2H3. The Kier molecular flexibility index (Phi) is 4.32. The van der Waals surface area contributed by atoms with E-state index in [0.29, 0.717) is 22.9 Å². The highest BCUT2D eigenvalue weighted by molar-refractivity contribution is 9.09. The van der Waals surface area contributed by atoms with Gasteiger partial charge in [0, 0.05) is 18.4 Å². The monoisotopic (exact) mass is 349 g/mol. The van der Waals surface area contributed by atoms with Crippen molar-refractivity contribution in [2.24, 2.45) is 5.92 Å². The molecule has 0 unspecified atom stereocenters. The van der Waals surface area contributed by atoms with Crippen LogP contribution in [0.25, 0.3) is 0 Å². The molecule has 3 nitrogen and oxygen atoms in total. The fourth-order valence-electron chi connectivity index (χ4n) is 2.28. The molecule has 1 fully saturated rings. The molecule has 106 valence electrons. The number of aryl methyl sites for hydroxylation is 1. The fourth-order valence-corrected chi connectivity index (χ4v) is 4.82. The predicted octanol–water partition coefficient (Wildman–Crippen LogP) is 2.93. The quantitative estimate of drug-likeness (QED) is 0.783. The molecule has 1 saturated carbocycles. The van der Waals surface area contributed by atoms with Gasteiger partial charge >= 0.3 is 0 Å². The first-order chi connectivity index (χ1) is 8.80. The van der Waals surface area contributed by atoms with Crippen LogP contribution in [0.1, 0.15) is 18.4 Å². The molecule has 1 aliphatic rings. The number of hydrogen-bond acceptors (Lipinski definition) is 2. The highest BCUT2D eigenvalue weighted by atomic mass is 79.9. The van der Waals surface area contributed by atoms with Gasteiger partial charge in [0.05, 0.1) is 4.90 Å². The molecule has 19 heavy (non-hydrogen) atoms. The summed E-state index contributed by atoms with van der Waals surface area (Å²) in [7, 11) is -2.05. The lowest BCUT2D eigenvalue weighted by atomic mass is 9.85. The molecule has 6 heteroatoms. The number of hydrogen-bond donors (Lipinski definition) is 0. The maximum absolute atomic E-state index is 13.2. The van der Waals surface area contributed by atoms with Crippen molar-refractivity contribution in [3.05, 3.63) is 29.6 Å². The van der Waals surface area contributed by atoms with E-state index in [1.807, 2.05) is 0 Å². The zero-order valence-corrected chi connectivity index (χ0v) is 13.3. The van der Waals surface area contributed by atoms with Crippen LogP contribution < -0.4 is 0 Å². The van der Waals surface area contributed by atoms with Gasteiger partial charge in [-0.3, -0.25) is 0 Å². The molecule has 0 heterocycles. The summed E-state index contributed by atoms with van der Waals surface area (Å²) in [6.07, 6.45) is 1.98. The summed E-state index contributed by atoms with van der Waals surface area (Å²) in [5.74, 6) is -0.139.